The van der Waals surface area contributed by atoms with Crippen LogP contribution < -0.4 is 16.0 Å². The fourth-order valence-corrected chi connectivity index (χ4v) is 2.28. The molecule has 0 saturated carbocycles. The summed E-state index contributed by atoms with van der Waals surface area (Å²) in [6, 6.07) is 15.2. The number of anilines is 2. The predicted octanol–water partition coefficient (Wildman–Crippen LogP) is 4.37. The van der Waals surface area contributed by atoms with Gasteiger partial charge in [0.05, 0.1) is 5.69 Å². The van der Waals surface area contributed by atoms with Gasteiger partial charge in [-0.25, -0.2) is 4.79 Å². The fraction of sp³-hybridized carbons (Fsp3) is 0.188. The lowest BCUT2D eigenvalue weighted by molar-refractivity contribution is 0.262. The van der Waals surface area contributed by atoms with Crippen LogP contribution in [0.1, 0.15) is 18.5 Å². The van der Waals surface area contributed by atoms with Gasteiger partial charge in [-0.15, -0.1) is 0 Å². The summed E-state index contributed by atoms with van der Waals surface area (Å²) in [5.41, 5.74) is 2.62. The summed E-state index contributed by atoms with van der Waals surface area (Å²) in [6.07, 6.45) is 0. The number of para-hydroxylation sites is 1. The molecular formula is C16H18BrN3O. The lowest BCUT2D eigenvalue weighted by Gasteiger charge is -2.13. The summed E-state index contributed by atoms with van der Waals surface area (Å²) < 4.78 is 0.845. The van der Waals surface area contributed by atoms with E-state index in [4.69, 9.17) is 0 Å². The van der Waals surface area contributed by atoms with Crippen molar-refractivity contribution in [3.8, 4) is 0 Å². The van der Waals surface area contributed by atoms with Gasteiger partial charge in [0.15, 0.2) is 0 Å². The van der Waals surface area contributed by atoms with Crippen molar-refractivity contribution in [2.45, 2.75) is 13.0 Å². The highest BCUT2D eigenvalue weighted by Crippen LogP contribution is 2.22. The van der Waals surface area contributed by atoms with E-state index in [-0.39, 0.29) is 12.1 Å². The number of carbonyl (C=O) groups is 1. The number of hydrogen-bond acceptors (Lipinski definition) is 2. The Morgan fingerprint density at radius 2 is 1.86 bits per heavy atom. The molecule has 1 atom stereocenters. The largest absolute Gasteiger partial charge is 0.323 e. The number of halogens is 1. The van der Waals surface area contributed by atoms with Gasteiger partial charge in [-0.3, -0.25) is 0 Å². The van der Waals surface area contributed by atoms with Crippen LogP contribution >= 0.6 is 15.9 Å². The molecule has 2 rings (SSSR count). The standard InChI is InChI=1S/C16H18BrN3O/c1-11(18-2)12-6-5-7-13(10-12)19-16(21)20-15-9-4-3-8-14(15)17/h3-11,18H,1-2H3,(H2,19,20,21). The molecule has 0 saturated heterocycles. The van der Waals surface area contributed by atoms with E-state index in [1.54, 1.807) is 0 Å². The minimum absolute atomic E-state index is 0.234. The zero-order valence-corrected chi connectivity index (χ0v) is 13.6. The Kier molecular flexibility index (Phi) is 5.36. The molecule has 0 radical (unpaired) electrons. The molecule has 2 amide bonds. The van der Waals surface area contributed by atoms with Crippen LogP contribution in [-0.4, -0.2) is 13.1 Å². The Morgan fingerprint density at radius 1 is 1.10 bits per heavy atom. The highest BCUT2D eigenvalue weighted by molar-refractivity contribution is 9.10. The molecule has 4 nitrogen and oxygen atoms in total. The number of amides is 2. The van der Waals surface area contributed by atoms with E-state index in [1.807, 2.05) is 55.6 Å². The molecule has 0 aromatic heterocycles. The van der Waals surface area contributed by atoms with Gasteiger partial charge in [0.2, 0.25) is 0 Å². The monoisotopic (exact) mass is 347 g/mol. The Morgan fingerprint density at radius 3 is 2.57 bits per heavy atom. The second kappa shape index (κ2) is 7.24. The Balaban J connectivity index is 2.05. The normalized spacial score (nSPS) is 11.8. The summed E-state index contributed by atoms with van der Waals surface area (Å²) in [7, 11) is 1.91. The average Bonchev–Trinajstić information content (AvgIpc) is 2.49. The van der Waals surface area contributed by atoms with E-state index < -0.39 is 0 Å². The summed E-state index contributed by atoms with van der Waals surface area (Å²) in [5.74, 6) is 0. The average molecular weight is 348 g/mol. The third-order valence-corrected chi connectivity index (χ3v) is 3.89. The molecule has 0 bridgehead atoms. The SMILES string of the molecule is CNC(C)c1cccc(NC(=O)Nc2ccccc2Br)c1. The first-order valence-corrected chi connectivity index (χ1v) is 7.49. The topological polar surface area (TPSA) is 53.2 Å². The van der Waals surface area contributed by atoms with Crippen LogP contribution in [-0.2, 0) is 0 Å². The molecule has 2 aromatic rings. The van der Waals surface area contributed by atoms with Crippen LogP contribution in [0.3, 0.4) is 0 Å². The molecule has 110 valence electrons. The van der Waals surface area contributed by atoms with Crippen LogP contribution in [0.25, 0.3) is 0 Å². The van der Waals surface area contributed by atoms with Gasteiger partial charge in [0, 0.05) is 16.2 Å². The Hall–Kier alpha value is -1.85. The molecule has 0 spiro atoms. The molecule has 0 heterocycles. The van der Waals surface area contributed by atoms with Crippen molar-refractivity contribution in [3.63, 3.8) is 0 Å². The smallest absolute Gasteiger partial charge is 0.313 e. The van der Waals surface area contributed by atoms with Crippen molar-refractivity contribution in [2.75, 3.05) is 17.7 Å². The second-order valence-electron chi connectivity index (χ2n) is 4.69. The number of benzene rings is 2. The summed E-state index contributed by atoms with van der Waals surface area (Å²) in [5, 5.41) is 8.82. The molecule has 0 fully saturated rings. The van der Waals surface area contributed by atoms with E-state index in [0.717, 1.165) is 21.4 Å². The number of carbonyl (C=O) groups excluding carboxylic acids is 1. The minimum Gasteiger partial charge on any atom is -0.313 e. The molecule has 3 N–H and O–H groups in total. The molecule has 0 aliphatic heterocycles. The van der Waals surface area contributed by atoms with Crippen molar-refractivity contribution >= 4 is 33.3 Å². The van der Waals surface area contributed by atoms with Crippen LogP contribution in [0, 0.1) is 0 Å². The summed E-state index contributed by atoms with van der Waals surface area (Å²) >= 11 is 3.40. The van der Waals surface area contributed by atoms with Gasteiger partial charge < -0.3 is 16.0 Å². The lowest BCUT2D eigenvalue weighted by atomic mass is 10.1. The summed E-state index contributed by atoms with van der Waals surface area (Å²) in [4.78, 5) is 12.0. The van der Waals surface area contributed by atoms with Crippen LogP contribution in [0.2, 0.25) is 0 Å². The maximum absolute atomic E-state index is 12.0. The van der Waals surface area contributed by atoms with E-state index in [2.05, 4.69) is 38.8 Å². The van der Waals surface area contributed by atoms with Crippen molar-refractivity contribution in [2.24, 2.45) is 0 Å². The number of rotatable bonds is 4. The molecular weight excluding hydrogens is 330 g/mol. The third kappa shape index (κ3) is 4.31. The van der Waals surface area contributed by atoms with E-state index in [0.29, 0.717) is 0 Å². The first-order valence-electron chi connectivity index (χ1n) is 6.70. The van der Waals surface area contributed by atoms with Crippen molar-refractivity contribution in [1.29, 1.82) is 0 Å². The molecule has 1 unspecified atom stereocenters. The highest BCUT2D eigenvalue weighted by Gasteiger charge is 2.07. The molecule has 5 heteroatoms. The van der Waals surface area contributed by atoms with Crippen LogP contribution in [0.4, 0.5) is 16.2 Å². The first kappa shape index (κ1) is 15.5. The van der Waals surface area contributed by atoms with E-state index in [1.165, 1.54) is 0 Å². The quantitative estimate of drug-likeness (QED) is 0.768. The zero-order valence-electron chi connectivity index (χ0n) is 12.0. The number of urea groups is 1. The molecule has 2 aromatic carbocycles. The molecule has 0 aliphatic rings. The van der Waals surface area contributed by atoms with Crippen LogP contribution in [0.15, 0.2) is 53.0 Å². The molecule has 21 heavy (non-hydrogen) atoms. The first-order chi connectivity index (χ1) is 10.1. The Bertz CT molecular complexity index is 630. The number of hydrogen-bond donors (Lipinski definition) is 3. The van der Waals surface area contributed by atoms with Crippen LogP contribution in [0.5, 0.6) is 0 Å². The lowest BCUT2D eigenvalue weighted by Crippen LogP contribution is -2.20. The second-order valence-corrected chi connectivity index (χ2v) is 5.55. The van der Waals surface area contributed by atoms with Gasteiger partial charge in [0.1, 0.15) is 0 Å². The van der Waals surface area contributed by atoms with Crippen molar-refractivity contribution in [3.05, 3.63) is 58.6 Å². The minimum atomic E-state index is -0.267. The summed E-state index contributed by atoms with van der Waals surface area (Å²) in [6.45, 7) is 2.07. The maximum atomic E-state index is 12.0. The zero-order chi connectivity index (χ0) is 15.2. The number of nitrogens with one attached hydrogen (secondary N) is 3. The third-order valence-electron chi connectivity index (χ3n) is 3.20. The fourth-order valence-electron chi connectivity index (χ4n) is 1.90. The van der Waals surface area contributed by atoms with Gasteiger partial charge in [-0.1, -0.05) is 24.3 Å². The maximum Gasteiger partial charge on any atom is 0.323 e. The Labute approximate surface area is 133 Å². The van der Waals surface area contributed by atoms with E-state index >= 15 is 0 Å². The van der Waals surface area contributed by atoms with Crippen molar-refractivity contribution < 1.29 is 4.79 Å². The van der Waals surface area contributed by atoms with Crippen molar-refractivity contribution in [1.82, 2.24) is 5.32 Å². The van der Waals surface area contributed by atoms with Gasteiger partial charge in [-0.2, -0.15) is 0 Å². The van der Waals surface area contributed by atoms with Gasteiger partial charge >= 0.3 is 6.03 Å². The highest BCUT2D eigenvalue weighted by atomic mass is 79.9. The van der Waals surface area contributed by atoms with Gasteiger partial charge in [-0.05, 0) is 59.7 Å². The predicted molar refractivity (Wildman–Crippen MR) is 90.7 cm³/mol. The van der Waals surface area contributed by atoms with E-state index in [9.17, 15) is 4.79 Å². The molecule has 0 aliphatic carbocycles. The van der Waals surface area contributed by atoms with Gasteiger partial charge in [0.25, 0.3) is 0 Å².